The number of likely N-dealkylation sites (N-methyl/N-ethyl adjacent to an activating group) is 1. The highest BCUT2D eigenvalue weighted by Gasteiger charge is 2.23. The number of halogens is 1. The van der Waals surface area contributed by atoms with Gasteiger partial charge in [0.1, 0.15) is 5.52 Å². The molecule has 0 radical (unpaired) electrons. The fourth-order valence-electron chi connectivity index (χ4n) is 4.64. The Labute approximate surface area is 191 Å². The van der Waals surface area contributed by atoms with Gasteiger partial charge in [0.05, 0.1) is 28.7 Å². The molecule has 0 bridgehead atoms. The van der Waals surface area contributed by atoms with Crippen LogP contribution in [0.1, 0.15) is 40.7 Å². The minimum Gasteiger partial charge on any atom is -0.351 e. The first-order chi connectivity index (χ1) is 16.0. The Kier molecular flexibility index (Phi) is 5.76. The van der Waals surface area contributed by atoms with Gasteiger partial charge in [0, 0.05) is 36.1 Å². The third-order valence-corrected chi connectivity index (χ3v) is 6.31. The van der Waals surface area contributed by atoms with Crippen molar-refractivity contribution < 1.29 is 9.18 Å². The fraction of sp³-hybridized carbons (Fsp3) is 0.360. The van der Waals surface area contributed by atoms with E-state index in [1.54, 1.807) is 18.5 Å². The summed E-state index contributed by atoms with van der Waals surface area (Å²) in [5.74, 6) is -0.526. The zero-order chi connectivity index (χ0) is 22.9. The van der Waals surface area contributed by atoms with E-state index >= 15 is 4.39 Å². The number of aryl methyl sites for hydroxylation is 1. The molecule has 3 heterocycles. The van der Waals surface area contributed by atoms with E-state index in [2.05, 4.69) is 20.5 Å². The van der Waals surface area contributed by atoms with Crippen molar-refractivity contribution in [2.45, 2.75) is 32.1 Å². The van der Waals surface area contributed by atoms with Gasteiger partial charge in [-0.3, -0.25) is 14.9 Å². The zero-order valence-corrected chi connectivity index (χ0v) is 18.9. The van der Waals surface area contributed by atoms with Gasteiger partial charge < -0.3 is 10.2 Å². The molecule has 0 saturated heterocycles. The normalized spacial score (nSPS) is 13.9. The van der Waals surface area contributed by atoms with Gasteiger partial charge in [-0.05, 0) is 63.0 Å². The van der Waals surface area contributed by atoms with Crippen molar-refractivity contribution in [1.82, 2.24) is 30.4 Å². The van der Waals surface area contributed by atoms with Gasteiger partial charge in [0.2, 0.25) is 0 Å². The van der Waals surface area contributed by atoms with Gasteiger partial charge in [-0.1, -0.05) is 6.42 Å². The predicted octanol–water partition coefficient (Wildman–Crippen LogP) is 3.87. The number of H-pyrrole nitrogens is 1. The van der Waals surface area contributed by atoms with E-state index < -0.39 is 0 Å². The molecule has 0 spiro atoms. The molecule has 3 aromatic heterocycles. The van der Waals surface area contributed by atoms with Gasteiger partial charge in [0.15, 0.2) is 5.82 Å². The number of nitrogens with zero attached hydrogens (tertiary/aromatic N) is 4. The molecule has 0 unspecified atom stereocenters. The number of hydrogen-bond donors (Lipinski definition) is 2. The molecular weight excluding hydrogens is 419 g/mol. The van der Waals surface area contributed by atoms with Gasteiger partial charge in [-0.25, -0.2) is 9.37 Å². The van der Waals surface area contributed by atoms with Crippen molar-refractivity contribution in [3.63, 3.8) is 0 Å². The summed E-state index contributed by atoms with van der Waals surface area (Å²) in [5.41, 5.74) is 5.17. The molecule has 7 nitrogen and oxygen atoms in total. The van der Waals surface area contributed by atoms with Gasteiger partial charge >= 0.3 is 0 Å². The van der Waals surface area contributed by atoms with Crippen molar-refractivity contribution in [2.24, 2.45) is 0 Å². The number of benzene rings is 1. The monoisotopic (exact) mass is 446 g/mol. The van der Waals surface area contributed by atoms with Crippen molar-refractivity contribution >= 4 is 27.7 Å². The highest BCUT2D eigenvalue weighted by Crippen LogP contribution is 2.37. The molecule has 170 valence electrons. The summed E-state index contributed by atoms with van der Waals surface area (Å²) in [6, 6.07) is 5.03. The smallest absolute Gasteiger partial charge is 0.252 e. The summed E-state index contributed by atoms with van der Waals surface area (Å²) >= 11 is 0. The molecule has 1 amide bonds. The number of carbonyl (C=O) groups excluding carboxylic acids is 1. The van der Waals surface area contributed by atoms with Crippen LogP contribution < -0.4 is 5.32 Å². The Bertz CT molecular complexity index is 1330. The Morgan fingerprint density at radius 3 is 2.73 bits per heavy atom. The number of carbonyl (C=O) groups is 1. The van der Waals surface area contributed by atoms with E-state index in [0.717, 1.165) is 60.5 Å². The number of aromatic nitrogens is 4. The van der Waals surface area contributed by atoms with Crippen LogP contribution in [0.3, 0.4) is 0 Å². The summed E-state index contributed by atoms with van der Waals surface area (Å²) < 4.78 is 15.1. The molecule has 5 rings (SSSR count). The van der Waals surface area contributed by atoms with Crippen molar-refractivity contribution in [2.75, 3.05) is 27.2 Å². The number of pyridine rings is 2. The molecule has 1 aliphatic rings. The van der Waals surface area contributed by atoms with Crippen LogP contribution >= 0.6 is 0 Å². The molecule has 33 heavy (non-hydrogen) atoms. The van der Waals surface area contributed by atoms with E-state index in [0.29, 0.717) is 34.5 Å². The maximum Gasteiger partial charge on any atom is 0.252 e. The number of rotatable bonds is 5. The number of nitrogens with one attached hydrogen (secondary N) is 2. The van der Waals surface area contributed by atoms with Crippen molar-refractivity contribution in [1.29, 1.82) is 0 Å². The van der Waals surface area contributed by atoms with Crippen LogP contribution in [-0.4, -0.2) is 58.2 Å². The Morgan fingerprint density at radius 2 is 1.97 bits per heavy atom. The molecule has 0 aliphatic heterocycles. The largest absolute Gasteiger partial charge is 0.351 e. The van der Waals surface area contributed by atoms with Crippen LogP contribution in [0.15, 0.2) is 30.6 Å². The van der Waals surface area contributed by atoms with Crippen molar-refractivity contribution in [3.8, 4) is 11.4 Å². The standard InChI is InChI=1S/C25H27FN6O/c1-32(2)11-10-27-25(33)15-8-9-20(28-13-15)23-17-7-5-3-4-6-16(17)22-18-14-29-31-21(18)12-19(26)24(22)30-23/h8-9,12-14H,3-7,10-11H2,1-2H3,(H,27,33)(H,29,31). The number of hydrogen-bond acceptors (Lipinski definition) is 5. The Morgan fingerprint density at radius 1 is 1.15 bits per heavy atom. The number of aromatic amines is 1. The van der Waals surface area contributed by atoms with E-state index in [4.69, 9.17) is 4.98 Å². The minimum atomic E-state index is -0.369. The van der Waals surface area contributed by atoms with E-state index in [1.165, 1.54) is 6.07 Å². The first kappa shape index (κ1) is 21.5. The quantitative estimate of drug-likeness (QED) is 0.455. The Hall–Kier alpha value is -3.39. The average molecular weight is 447 g/mol. The Balaban J connectivity index is 1.58. The summed E-state index contributed by atoms with van der Waals surface area (Å²) in [6.07, 6.45) is 8.31. The second-order valence-electron chi connectivity index (χ2n) is 8.88. The summed E-state index contributed by atoms with van der Waals surface area (Å²) in [4.78, 5) is 23.8. The maximum absolute atomic E-state index is 15.1. The van der Waals surface area contributed by atoms with E-state index in [9.17, 15) is 4.79 Å². The summed E-state index contributed by atoms with van der Waals surface area (Å²) in [7, 11) is 3.92. The van der Waals surface area contributed by atoms with Crippen LogP contribution in [0.5, 0.6) is 0 Å². The van der Waals surface area contributed by atoms with Crippen LogP contribution in [0.2, 0.25) is 0 Å². The van der Waals surface area contributed by atoms with Crippen LogP contribution in [-0.2, 0) is 12.8 Å². The maximum atomic E-state index is 15.1. The van der Waals surface area contributed by atoms with E-state index in [1.807, 2.05) is 25.1 Å². The lowest BCUT2D eigenvalue weighted by Gasteiger charge is -2.16. The molecule has 0 atom stereocenters. The molecule has 8 heteroatoms. The lowest BCUT2D eigenvalue weighted by atomic mass is 9.93. The van der Waals surface area contributed by atoms with Crippen LogP contribution in [0, 0.1) is 5.82 Å². The van der Waals surface area contributed by atoms with Crippen LogP contribution in [0.25, 0.3) is 33.2 Å². The molecule has 1 aliphatic carbocycles. The first-order valence-electron chi connectivity index (χ1n) is 11.4. The predicted molar refractivity (Wildman–Crippen MR) is 127 cm³/mol. The summed E-state index contributed by atoms with van der Waals surface area (Å²) in [6.45, 7) is 1.33. The lowest BCUT2D eigenvalue weighted by molar-refractivity contribution is 0.0950. The van der Waals surface area contributed by atoms with E-state index in [-0.39, 0.29) is 11.7 Å². The van der Waals surface area contributed by atoms with Gasteiger partial charge in [0.25, 0.3) is 5.91 Å². The molecular formula is C25H27FN6O. The third kappa shape index (κ3) is 4.06. The van der Waals surface area contributed by atoms with Crippen molar-refractivity contribution in [3.05, 3.63) is 53.1 Å². The highest BCUT2D eigenvalue weighted by molar-refractivity contribution is 6.08. The zero-order valence-electron chi connectivity index (χ0n) is 18.9. The van der Waals surface area contributed by atoms with Gasteiger partial charge in [-0.15, -0.1) is 0 Å². The molecule has 4 aromatic rings. The van der Waals surface area contributed by atoms with Crippen LogP contribution in [0.4, 0.5) is 4.39 Å². The average Bonchev–Trinajstić information content (AvgIpc) is 3.13. The lowest BCUT2D eigenvalue weighted by Crippen LogP contribution is -2.31. The van der Waals surface area contributed by atoms with Gasteiger partial charge in [-0.2, -0.15) is 5.10 Å². The number of fused-ring (bicyclic) bond motifs is 5. The second kappa shape index (κ2) is 8.86. The fourth-order valence-corrected chi connectivity index (χ4v) is 4.64. The minimum absolute atomic E-state index is 0.158. The highest BCUT2D eigenvalue weighted by atomic mass is 19.1. The first-order valence-corrected chi connectivity index (χ1v) is 11.4. The molecule has 0 fully saturated rings. The SMILES string of the molecule is CN(C)CCNC(=O)c1ccc(-c2nc3c(F)cc4[nH]ncc4c3c3c2CCCCC3)nc1. The number of amides is 1. The summed E-state index contributed by atoms with van der Waals surface area (Å²) in [5, 5.41) is 11.7. The second-order valence-corrected chi connectivity index (χ2v) is 8.88. The molecule has 1 aromatic carbocycles. The molecule has 2 N–H and O–H groups in total. The topological polar surface area (TPSA) is 86.8 Å². The molecule has 0 saturated carbocycles. The third-order valence-electron chi connectivity index (χ3n) is 6.31.